The van der Waals surface area contributed by atoms with Crippen molar-refractivity contribution in [1.29, 1.82) is 0 Å². The number of hydrogen-bond acceptors (Lipinski definition) is 6. The number of para-hydroxylation sites is 1. The summed E-state index contributed by atoms with van der Waals surface area (Å²) in [5.41, 5.74) is 5.06. The Kier molecular flexibility index (Phi) is 10.4. The van der Waals surface area contributed by atoms with Gasteiger partial charge in [0.2, 0.25) is 0 Å². The van der Waals surface area contributed by atoms with Gasteiger partial charge in [-0.25, -0.2) is 4.79 Å². The van der Waals surface area contributed by atoms with Gasteiger partial charge in [0.25, 0.3) is 11.8 Å². The second kappa shape index (κ2) is 14.2. The highest BCUT2D eigenvalue weighted by Crippen LogP contribution is 2.37. The smallest absolute Gasteiger partial charge is 0.341 e. The topological polar surface area (TPSA) is 93.7 Å². The molecule has 7 nitrogen and oxygen atoms in total. The first-order chi connectivity index (χ1) is 20.2. The van der Waals surface area contributed by atoms with Crippen LogP contribution in [0.5, 0.6) is 5.75 Å². The summed E-state index contributed by atoms with van der Waals surface area (Å²) in [4.78, 5) is 38.9. The fraction of sp³-hybridized carbons (Fsp3) is 0.242. The van der Waals surface area contributed by atoms with Crippen molar-refractivity contribution in [3.8, 4) is 16.9 Å². The Morgan fingerprint density at radius 2 is 1.52 bits per heavy atom. The molecule has 0 spiro atoms. The second-order valence-electron chi connectivity index (χ2n) is 9.47. The number of rotatable bonds is 11. The molecule has 0 radical (unpaired) electrons. The van der Waals surface area contributed by atoms with Crippen molar-refractivity contribution < 1.29 is 23.9 Å². The van der Waals surface area contributed by atoms with Crippen LogP contribution in [0.4, 0.5) is 10.7 Å². The third-order valence-electron chi connectivity index (χ3n) is 6.70. The summed E-state index contributed by atoms with van der Waals surface area (Å²) >= 11 is 7.27. The summed E-state index contributed by atoms with van der Waals surface area (Å²) in [7, 11) is 0. The largest absolute Gasteiger partial charge is 0.481 e. The van der Waals surface area contributed by atoms with E-state index in [0.29, 0.717) is 26.9 Å². The van der Waals surface area contributed by atoms with E-state index in [1.54, 1.807) is 55.6 Å². The van der Waals surface area contributed by atoms with Crippen molar-refractivity contribution >= 4 is 51.4 Å². The van der Waals surface area contributed by atoms with Gasteiger partial charge in [0.05, 0.1) is 6.61 Å². The van der Waals surface area contributed by atoms with Crippen LogP contribution in [0, 0.1) is 0 Å². The third-order valence-corrected chi connectivity index (χ3v) is 7.85. The minimum atomic E-state index is -0.760. The van der Waals surface area contributed by atoms with Gasteiger partial charge in [-0.3, -0.25) is 9.59 Å². The molecule has 2 N–H and O–H groups in total. The molecule has 218 valence electrons. The molecule has 1 heterocycles. The van der Waals surface area contributed by atoms with Gasteiger partial charge in [-0.15, -0.1) is 11.3 Å². The highest BCUT2D eigenvalue weighted by molar-refractivity contribution is 7.15. The summed E-state index contributed by atoms with van der Waals surface area (Å²) < 4.78 is 11.2. The molecule has 4 rings (SSSR count). The van der Waals surface area contributed by atoms with Crippen LogP contribution in [0.3, 0.4) is 0 Å². The Balaban J connectivity index is 1.45. The zero-order valence-electron chi connectivity index (χ0n) is 24.0. The Morgan fingerprint density at radius 3 is 2.12 bits per heavy atom. The number of anilines is 2. The first-order valence-electron chi connectivity index (χ1n) is 13.8. The van der Waals surface area contributed by atoms with Crippen molar-refractivity contribution in [2.75, 3.05) is 17.2 Å². The molecular formula is C33H33ClN2O5S. The number of halogens is 1. The van der Waals surface area contributed by atoms with Gasteiger partial charge in [0, 0.05) is 27.2 Å². The lowest BCUT2D eigenvalue weighted by atomic mass is 10.0. The number of amides is 2. The minimum Gasteiger partial charge on any atom is -0.481 e. The van der Waals surface area contributed by atoms with Crippen molar-refractivity contribution in [3.63, 3.8) is 0 Å². The van der Waals surface area contributed by atoms with Gasteiger partial charge < -0.3 is 20.1 Å². The van der Waals surface area contributed by atoms with E-state index in [-0.39, 0.29) is 18.1 Å². The van der Waals surface area contributed by atoms with E-state index in [0.717, 1.165) is 35.2 Å². The molecule has 0 aliphatic carbocycles. The minimum absolute atomic E-state index is 0.199. The van der Waals surface area contributed by atoms with Crippen LogP contribution in [0.25, 0.3) is 11.1 Å². The van der Waals surface area contributed by atoms with Crippen LogP contribution in [0.2, 0.25) is 5.02 Å². The predicted molar refractivity (Wildman–Crippen MR) is 169 cm³/mol. The molecular weight excluding hydrogens is 572 g/mol. The Bertz CT molecular complexity index is 1540. The molecule has 0 saturated heterocycles. The van der Waals surface area contributed by atoms with Gasteiger partial charge in [0.1, 0.15) is 16.3 Å². The van der Waals surface area contributed by atoms with E-state index in [9.17, 15) is 14.4 Å². The van der Waals surface area contributed by atoms with E-state index >= 15 is 0 Å². The fourth-order valence-electron chi connectivity index (χ4n) is 4.44. The van der Waals surface area contributed by atoms with Crippen molar-refractivity contribution in [1.82, 2.24) is 0 Å². The Morgan fingerprint density at radius 1 is 0.881 bits per heavy atom. The number of ether oxygens (including phenoxy) is 2. The second-order valence-corrected chi connectivity index (χ2v) is 10.8. The molecule has 2 amide bonds. The molecule has 1 unspecified atom stereocenters. The molecule has 42 heavy (non-hydrogen) atoms. The van der Waals surface area contributed by atoms with Crippen LogP contribution in [0.15, 0.2) is 72.1 Å². The van der Waals surface area contributed by atoms with Gasteiger partial charge in [-0.2, -0.15) is 0 Å². The fourth-order valence-corrected chi connectivity index (χ4v) is 5.52. The summed E-state index contributed by atoms with van der Waals surface area (Å²) in [6.45, 7) is 7.71. The van der Waals surface area contributed by atoms with Crippen molar-refractivity contribution in [3.05, 3.63) is 99.4 Å². The average Bonchev–Trinajstić information content (AvgIpc) is 3.41. The standard InChI is InChI=1S/C33H33ClN2O5S/c1-5-21-9-8-10-22(6-2)29(21)35-30(37)20(4)41-26-17-13-24(14-18-26)31(38)36-32-28(33(39)40-7-3)27(19-42-32)23-11-15-25(34)16-12-23/h8-20H,5-7H2,1-4H3,(H,35,37)(H,36,38). The molecule has 0 fully saturated rings. The first-order valence-corrected chi connectivity index (χ1v) is 15.1. The molecule has 0 saturated carbocycles. The summed E-state index contributed by atoms with van der Waals surface area (Å²) in [5.74, 6) is -0.733. The molecule has 0 bridgehead atoms. The lowest BCUT2D eigenvalue weighted by Gasteiger charge is -2.18. The zero-order valence-corrected chi connectivity index (χ0v) is 25.5. The highest BCUT2D eigenvalue weighted by atomic mass is 35.5. The third kappa shape index (κ3) is 7.19. The number of esters is 1. The SMILES string of the molecule is CCOC(=O)c1c(-c2ccc(Cl)cc2)csc1NC(=O)c1ccc(OC(C)C(=O)Nc2c(CC)cccc2CC)cc1. The van der Waals surface area contributed by atoms with Crippen LogP contribution < -0.4 is 15.4 Å². The van der Waals surface area contributed by atoms with Crippen LogP contribution in [-0.4, -0.2) is 30.5 Å². The average molecular weight is 605 g/mol. The molecule has 4 aromatic rings. The van der Waals surface area contributed by atoms with Crippen LogP contribution >= 0.6 is 22.9 Å². The van der Waals surface area contributed by atoms with Gasteiger partial charge in [-0.05, 0) is 79.8 Å². The van der Waals surface area contributed by atoms with Crippen LogP contribution in [-0.2, 0) is 22.4 Å². The molecule has 3 aromatic carbocycles. The van der Waals surface area contributed by atoms with E-state index < -0.39 is 18.0 Å². The molecule has 1 atom stereocenters. The van der Waals surface area contributed by atoms with Crippen LogP contribution in [0.1, 0.15) is 59.5 Å². The van der Waals surface area contributed by atoms with Gasteiger partial charge in [-0.1, -0.05) is 55.8 Å². The highest BCUT2D eigenvalue weighted by Gasteiger charge is 2.23. The summed E-state index contributed by atoms with van der Waals surface area (Å²) in [6, 6.07) is 19.6. The van der Waals surface area contributed by atoms with Gasteiger partial charge in [0.15, 0.2) is 6.10 Å². The maximum Gasteiger partial charge on any atom is 0.341 e. The number of hydrogen-bond donors (Lipinski definition) is 2. The molecule has 1 aromatic heterocycles. The number of aryl methyl sites for hydroxylation is 2. The summed E-state index contributed by atoms with van der Waals surface area (Å²) in [6.07, 6.45) is 0.846. The lowest BCUT2D eigenvalue weighted by Crippen LogP contribution is -2.31. The van der Waals surface area contributed by atoms with Crippen molar-refractivity contribution in [2.24, 2.45) is 0 Å². The maximum absolute atomic E-state index is 13.1. The molecule has 0 aliphatic heterocycles. The maximum atomic E-state index is 13.1. The monoisotopic (exact) mass is 604 g/mol. The summed E-state index contributed by atoms with van der Waals surface area (Å²) in [5, 5.41) is 8.63. The van der Waals surface area contributed by atoms with Gasteiger partial charge >= 0.3 is 5.97 Å². The Labute approximate surface area is 254 Å². The number of carbonyl (C=O) groups is 3. The van der Waals surface area contributed by atoms with E-state index in [1.165, 1.54) is 11.3 Å². The number of carbonyl (C=O) groups excluding carboxylic acids is 3. The normalized spacial score (nSPS) is 11.5. The van der Waals surface area contributed by atoms with Crippen molar-refractivity contribution in [2.45, 2.75) is 46.6 Å². The lowest BCUT2D eigenvalue weighted by molar-refractivity contribution is -0.122. The number of thiophene rings is 1. The first kappa shape index (κ1) is 30.8. The predicted octanol–water partition coefficient (Wildman–Crippen LogP) is 8.03. The molecule has 0 aliphatic rings. The number of nitrogens with one attached hydrogen (secondary N) is 2. The Hall–Kier alpha value is -4.14. The quantitative estimate of drug-likeness (QED) is 0.169. The zero-order chi connectivity index (χ0) is 30.2. The van der Waals surface area contributed by atoms with E-state index in [1.807, 2.05) is 30.3 Å². The molecule has 9 heteroatoms. The number of benzene rings is 3. The van der Waals surface area contributed by atoms with E-state index in [4.69, 9.17) is 21.1 Å². The van der Waals surface area contributed by atoms with E-state index in [2.05, 4.69) is 24.5 Å².